The van der Waals surface area contributed by atoms with Crippen LogP contribution in [-0.2, 0) is 38.1 Å². The molecule has 4 aliphatic rings. The summed E-state index contributed by atoms with van der Waals surface area (Å²) in [6.45, 7) is 11.3. The van der Waals surface area contributed by atoms with Crippen molar-refractivity contribution < 1.29 is 38.1 Å². The van der Waals surface area contributed by atoms with Crippen LogP contribution in [0.5, 0.6) is 0 Å². The van der Waals surface area contributed by atoms with E-state index in [0.29, 0.717) is 51.7 Å². The molecule has 0 aliphatic heterocycles. The Kier molecular flexibility index (Phi) is 6.81. The smallest absolute Gasteiger partial charge is 0.330 e. The van der Waals surface area contributed by atoms with E-state index in [1.807, 2.05) is 13.8 Å². The fraction of sp³-hybridized carbons (Fsp3) is 0.783. The molecule has 8 heteroatoms. The third-order valence-electron chi connectivity index (χ3n) is 6.72. The second kappa shape index (κ2) is 8.90. The second-order valence-corrected chi connectivity index (χ2v) is 9.23. The van der Waals surface area contributed by atoms with E-state index in [1.54, 1.807) is 13.8 Å². The molecule has 0 aromatic carbocycles. The molecule has 174 valence electrons. The second-order valence-electron chi connectivity index (χ2n) is 9.23. The molecule has 0 aromatic rings. The van der Waals surface area contributed by atoms with Crippen LogP contribution in [-0.4, -0.2) is 49.3 Å². The summed E-state index contributed by atoms with van der Waals surface area (Å²) >= 11 is 0. The summed E-state index contributed by atoms with van der Waals surface area (Å²) in [6, 6.07) is 0. The lowest BCUT2D eigenvalue weighted by molar-refractivity contribution is -0.246. The number of carbonyl (C=O) groups is 3. The first-order chi connectivity index (χ1) is 14.6. The van der Waals surface area contributed by atoms with Gasteiger partial charge in [-0.25, -0.2) is 4.79 Å². The minimum atomic E-state index is -0.930. The van der Waals surface area contributed by atoms with Crippen LogP contribution >= 0.6 is 0 Å². The van der Waals surface area contributed by atoms with Gasteiger partial charge in [0.1, 0.15) is 5.60 Å². The number of hydrogen-bond donors (Lipinski definition) is 0. The van der Waals surface area contributed by atoms with Crippen LogP contribution in [0.1, 0.15) is 66.2 Å². The van der Waals surface area contributed by atoms with Crippen molar-refractivity contribution in [3.8, 4) is 0 Å². The summed E-state index contributed by atoms with van der Waals surface area (Å²) in [7, 11) is 0. The Bertz CT molecular complexity index is 689. The van der Waals surface area contributed by atoms with Crippen molar-refractivity contribution >= 4 is 17.9 Å². The van der Waals surface area contributed by atoms with Crippen molar-refractivity contribution in [2.75, 3.05) is 13.2 Å². The van der Waals surface area contributed by atoms with Gasteiger partial charge in [0.05, 0.1) is 10.8 Å². The topological polar surface area (TPSA) is 97.4 Å². The molecule has 4 unspecified atom stereocenters. The Morgan fingerprint density at radius 3 is 1.81 bits per heavy atom. The van der Waals surface area contributed by atoms with Crippen molar-refractivity contribution in [3.63, 3.8) is 0 Å². The van der Waals surface area contributed by atoms with E-state index in [1.165, 1.54) is 0 Å². The highest BCUT2D eigenvalue weighted by Gasteiger charge is 2.70. The number of ether oxygens (including phenoxy) is 5. The van der Waals surface area contributed by atoms with Crippen LogP contribution in [0.2, 0.25) is 0 Å². The zero-order chi connectivity index (χ0) is 22.9. The van der Waals surface area contributed by atoms with Gasteiger partial charge in [0, 0.05) is 32.1 Å². The average molecular weight is 439 g/mol. The molecule has 0 heterocycles. The predicted molar refractivity (Wildman–Crippen MR) is 109 cm³/mol. The van der Waals surface area contributed by atoms with E-state index >= 15 is 0 Å². The monoisotopic (exact) mass is 438 g/mol. The molecule has 4 atom stereocenters. The maximum absolute atomic E-state index is 13.3. The third-order valence-corrected chi connectivity index (χ3v) is 6.72. The molecular weight excluding hydrogens is 404 g/mol. The van der Waals surface area contributed by atoms with Crippen molar-refractivity contribution in [2.45, 2.75) is 84.4 Å². The molecule has 31 heavy (non-hydrogen) atoms. The van der Waals surface area contributed by atoms with E-state index in [0.717, 1.165) is 6.08 Å². The fourth-order valence-corrected chi connectivity index (χ4v) is 6.26. The van der Waals surface area contributed by atoms with Crippen LogP contribution < -0.4 is 0 Å². The first-order valence-electron chi connectivity index (χ1n) is 11.1. The molecule has 4 saturated carbocycles. The van der Waals surface area contributed by atoms with Crippen molar-refractivity contribution in [3.05, 3.63) is 12.7 Å². The molecule has 4 rings (SSSR count). The molecule has 4 bridgehead atoms. The van der Waals surface area contributed by atoms with Gasteiger partial charge >= 0.3 is 17.9 Å². The normalized spacial score (nSPS) is 35.2. The standard InChI is InChI=1S/C23H34O8/c1-6-18(24)31-23-11-17-9-21(13-23,19(25)29-15(4)27-7-2)12-22(10-17,14-23)20(26)30-16(5)28-8-3/h6,15-17H,1,7-14H2,2-5H3. The van der Waals surface area contributed by atoms with E-state index in [-0.39, 0.29) is 5.92 Å². The van der Waals surface area contributed by atoms with Crippen LogP contribution in [0, 0.1) is 16.7 Å². The summed E-state index contributed by atoms with van der Waals surface area (Å²) < 4.78 is 27.8. The zero-order valence-electron chi connectivity index (χ0n) is 18.9. The van der Waals surface area contributed by atoms with Crippen LogP contribution in [0.4, 0.5) is 0 Å². The van der Waals surface area contributed by atoms with Crippen LogP contribution in [0.15, 0.2) is 12.7 Å². The maximum Gasteiger partial charge on any atom is 0.330 e. The Morgan fingerprint density at radius 2 is 1.39 bits per heavy atom. The highest BCUT2D eigenvalue weighted by molar-refractivity contribution is 5.85. The van der Waals surface area contributed by atoms with Gasteiger partial charge in [-0.05, 0) is 59.3 Å². The van der Waals surface area contributed by atoms with Gasteiger partial charge in [0.2, 0.25) is 0 Å². The van der Waals surface area contributed by atoms with Gasteiger partial charge in [0.15, 0.2) is 12.6 Å². The average Bonchev–Trinajstić information content (AvgIpc) is 2.66. The SMILES string of the molecule is C=CC(=O)OC12CC3CC(C(=O)OC(C)OCC)(C1)CC(C(=O)OC(C)OCC)(C3)C2. The Labute approximate surface area is 183 Å². The number of rotatable bonds is 10. The summed E-state index contributed by atoms with van der Waals surface area (Å²) in [5.74, 6) is -1.34. The lowest BCUT2D eigenvalue weighted by Crippen LogP contribution is -2.66. The predicted octanol–water partition coefficient (Wildman–Crippen LogP) is 3.28. The molecular formula is C23H34O8. The van der Waals surface area contributed by atoms with Gasteiger partial charge in [0.25, 0.3) is 0 Å². The minimum absolute atomic E-state index is 0.0405. The Balaban J connectivity index is 1.93. The number of esters is 3. The minimum Gasteiger partial charge on any atom is -0.456 e. The molecule has 0 N–H and O–H groups in total. The first kappa shape index (κ1) is 23.7. The van der Waals surface area contributed by atoms with Crippen molar-refractivity contribution in [2.24, 2.45) is 16.7 Å². The molecule has 0 aromatic heterocycles. The lowest BCUT2D eigenvalue weighted by atomic mass is 9.42. The van der Waals surface area contributed by atoms with Crippen LogP contribution in [0.25, 0.3) is 0 Å². The van der Waals surface area contributed by atoms with E-state index in [9.17, 15) is 14.4 Å². The summed E-state index contributed by atoms with van der Waals surface area (Å²) in [5, 5.41) is 0. The summed E-state index contributed by atoms with van der Waals surface area (Å²) in [5.41, 5.74) is -2.79. The van der Waals surface area contributed by atoms with Gasteiger partial charge in [-0.3, -0.25) is 9.59 Å². The number of carbonyl (C=O) groups excluding carboxylic acids is 3. The molecule has 0 radical (unpaired) electrons. The van der Waals surface area contributed by atoms with Gasteiger partial charge in [-0.1, -0.05) is 6.58 Å². The molecule has 4 aliphatic carbocycles. The van der Waals surface area contributed by atoms with Crippen molar-refractivity contribution in [1.29, 1.82) is 0 Å². The zero-order valence-corrected chi connectivity index (χ0v) is 18.9. The Hall–Kier alpha value is -1.93. The van der Waals surface area contributed by atoms with Gasteiger partial charge in [-0.15, -0.1) is 0 Å². The quantitative estimate of drug-likeness (QED) is 0.222. The Morgan fingerprint density at radius 1 is 0.903 bits per heavy atom. The molecule has 0 spiro atoms. The summed E-state index contributed by atoms with van der Waals surface area (Å²) in [4.78, 5) is 38.8. The maximum atomic E-state index is 13.3. The fourth-order valence-electron chi connectivity index (χ4n) is 6.26. The van der Waals surface area contributed by atoms with E-state index < -0.39 is 46.9 Å². The highest BCUT2D eigenvalue weighted by Crippen LogP contribution is 2.68. The third kappa shape index (κ3) is 4.65. The van der Waals surface area contributed by atoms with Gasteiger partial charge < -0.3 is 23.7 Å². The first-order valence-corrected chi connectivity index (χ1v) is 11.1. The van der Waals surface area contributed by atoms with Crippen molar-refractivity contribution in [1.82, 2.24) is 0 Å². The lowest BCUT2D eigenvalue weighted by Gasteiger charge is -2.63. The van der Waals surface area contributed by atoms with E-state index in [4.69, 9.17) is 23.7 Å². The molecule has 8 nitrogen and oxygen atoms in total. The number of hydrogen-bond acceptors (Lipinski definition) is 8. The molecule has 0 amide bonds. The molecule has 0 saturated heterocycles. The molecule has 4 fully saturated rings. The van der Waals surface area contributed by atoms with Gasteiger partial charge in [-0.2, -0.15) is 0 Å². The summed E-state index contributed by atoms with van der Waals surface area (Å²) in [6.07, 6.45) is 2.47. The van der Waals surface area contributed by atoms with E-state index in [2.05, 4.69) is 6.58 Å². The highest BCUT2D eigenvalue weighted by atomic mass is 16.7. The van der Waals surface area contributed by atoms with Crippen LogP contribution in [0.3, 0.4) is 0 Å². The largest absolute Gasteiger partial charge is 0.456 e.